The minimum absolute atomic E-state index is 0.131. The molecule has 1 aromatic carbocycles. The number of hydrogen-bond donors (Lipinski definition) is 2. The van der Waals surface area contributed by atoms with Crippen LogP contribution in [0, 0.1) is 5.92 Å². The van der Waals surface area contributed by atoms with Crippen LogP contribution < -0.4 is 11.2 Å². The molecule has 2 heterocycles. The Kier molecular flexibility index (Phi) is 7.87. The quantitative estimate of drug-likeness (QED) is 0.680. The van der Waals surface area contributed by atoms with Crippen LogP contribution in [0.15, 0.2) is 24.3 Å². The second-order valence-electron chi connectivity index (χ2n) is 9.86. The van der Waals surface area contributed by atoms with Crippen LogP contribution in [0.3, 0.4) is 0 Å². The van der Waals surface area contributed by atoms with Crippen molar-refractivity contribution < 1.29 is 9.59 Å². The molecule has 1 saturated carbocycles. The van der Waals surface area contributed by atoms with Crippen molar-refractivity contribution in [3.05, 3.63) is 34.9 Å². The van der Waals surface area contributed by atoms with Crippen LogP contribution in [0.1, 0.15) is 63.4 Å². The Morgan fingerprint density at radius 2 is 1.69 bits per heavy atom. The number of carbonyl (C=O) groups excluding carboxylic acids is 2. The topological polar surface area (TPSA) is 78.7 Å². The summed E-state index contributed by atoms with van der Waals surface area (Å²) in [6.07, 6.45) is 10.5. The number of piperidine rings is 2. The Morgan fingerprint density at radius 1 is 1.06 bits per heavy atom. The summed E-state index contributed by atoms with van der Waals surface area (Å²) in [6.45, 7) is 3.46. The molecule has 0 bridgehead atoms. The lowest BCUT2D eigenvalue weighted by Gasteiger charge is -2.55. The van der Waals surface area contributed by atoms with E-state index in [1.165, 1.54) is 32.1 Å². The molecule has 6 nitrogen and oxygen atoms in total. The lowest BCUT2D eigenvalue weighted by atomic mass is 9.68. The molecule has 2 saturated heterocycles. The number of carbonyl (C=O) groups is 2. The molecule has 2 aliphatic heterocycles. The van der Waals surface area contributed by atoms with E-state index in [9.17, 15) is 9.59 Å². The molecule has 0 radical (unpaired) electrons. The highest BCUT2D eigenvalue weighted by molar-refractivity contribution is 6.30. The molecule has 4 rings (SSSR count). The van der Waals surface area contributed by atoms with E-state index in [1.807, 2.05) is 24.3 Å². The standard InChI is InChI=1S/C25H37ClN4O2/c26-21-8-6-19(7-9-21)18-23(27)24(32)28-30-16-12-25(13-17-30,20-4-2-1-3-5-20)29-14-10-22(31)11-15-29/h6-9,20,23H,1-5,10-18,27H2,(H,28,32)/t23-/m1/s1. The smallest absolute Gasteiger partial charge is 0.251 e. The van der Waals surface area contributed by atoms with E-state index in [-0.39, 0.29) is 11.4 Å². The Balaban J connectivity index is 1.35. The van der Waals surface area contributed by atoms with Crippen molar-refractivity contribution in [2.45, 2.75) is 75.8 Å². The third kappa shape index (κ3) is 5.53. The first kappa shape index (κ1) is 23.7. The maximum absolute atomic E-state index is 12.7. The fraction of sp³-hybridized carbons (Fsp3) is 0.680. The summed E-state index contributed by atoms with van der Waals surface area (Å²) in [7, 11) is 0. The Bertz CT molecular complexity index is 776. The van der Waals surface area contributed by atoms with Gasteiger partial charge in [0.1, 0.15) is 5.78 Å². The molecule has 176 valence electrons. The van der Waals surface area contributed by atoms with Gasteiger partial charge in [-0.1, -0.05) is 43.0 Å². The van der Waals surface area contributed by atoms with E-state index in [0.29, 0.717) is 36.0 Å². The van der Waals surface area contributed by atoms with Gasteiger partial charge < -0.3 is 5.73 Å². The van der Waals surface area contributed by atoms with Crippen LogP contribution in [0.5, 0.6) is 0 Å². The van der Waals surface area contributed by atoms with Crippen LogP contribution >= 0.6 is 11.6 Å². The van der Waals surface area contributed by atoms with E-state index < -0.39 is 6.04 Å². The Morgan fingerprint density at radius 3 is 2.31 bits per heavy atom. The zero-order chi connectivity index (χ0) is 22.6. The second-order valence-corrected chi connectivity index (χ2v) is 10.3. The van der Waals surface area contributed by atoms with Crippen molar-refractivity contribution in [2.24, 2.45) is 11.7 Å². The highest BCUT2D eigenvalue weighted by atomic mass is 35.5. The van der Waals surface area contributed by atoms with Gasteiger partial charge in [0.15, 0.2) is 0 Å². The summed E-state index contributed by atoms with van der Waals surface area (Å²) >= 11 is 5.94. The molecule has 1 atom stereocenters. The SMILES string of the molecule is N[C@H](Cc1ccc(Cl)cc1)C(=O)NN1CCC(C2CCCCC2)(N2CCC(=O)CC2)CC1. The molecular weight excluding hydrogens is 424 g/mol. The number of likely N-dealkylation sites (tertiary alicyclic amines) is 1. The third-order valence-corrected chi connectivity index (χ3v) is 8.17. The zero-order valence-electron chi connectivity index (χ0n) is 19.0. The summed E-state index contributed by atoms with van der Waals surface area (Å²) in [5.74, 6) is 0.975. The van der Waals surface area contributed by atoms with E-state index in [2.05, 4.69) is 15.3 Å². The average molecular weight is 461 g/mol. The summed E-state index contributed by atoms with van der Waals surface area (Å²) < 4.78 is 0. The normalized spacial score (nSPS) is 24.2. The molecule has 0 unspecified atom stereocenters. The average Bonchev–Trinajstić information content (AvgIpc) is 2.82. The highest BCUT2D eigenvalue weighted by Gasteiger charge is 2.46. The first-order valence-electron chi connectivity index (χ1n) is 12.3. The lowest BCUT2D eigenvalue weighted by molar-refractivity contribution is -0.132. The number of halogens is 1. The largest absolute Gasteiger partial charge is 0.320 e. The van der Waals surface area contributed by atoms with Gasteiger partial charge in [0, 0.05) is 49.6 Å². The minimum atomic E-state index is -0.589. The van der Waals surface area contributed by atoms with Crippen molar-refractivity contribution in [1.29, 1.82) is 0 Å². The van der Waals surface area contributed by atoms with Gasteiger partial charge in [-0.2, -0.15) is 0 Å². The first-order valence-corrected chi connectivity index (χ1v) is 12.7. The van der Waals surface area contributed by atoms with E-state index in [1.54, 1.807) is 0 Å². The van der Waals surface area contributed by atoms with Crippen molar-refractivity contribution in [2.75, 3.05) is 26.2 Å². The molecule has 3 fully saturated rings. The van der Waals surface area contributed by atoms with E-state index in [0.717, 1.165) is 44.6 Å². The molecule has 7 heteroatoms. The van der Waals surface area contributed by atoms with Crippen LogP contribution in [0.25, 0.3) is 0 Å². The second kappa shape index (κ2) is 10.6. The fourth-order valence-corrected chi connectivity index (χ4v) is 6.16. The predicted molar refractivity (Wildman–Crippen MR) is 127 cm³/mol. The van der Waals surface area contributed by atoms with Gasteiger partial charge in [-0.25, -0.2) is 5.01 Å². The van der Waals surface area contributed by atoms with Gasteiger partial charge in [0.05, 0.1) is 6.04 Å². The molecular formula is C25H37ClN4O2. The van der Waals surface area contributed by atoms with Crippen molar-refractivity contribution in [3.63, 3.8) is 0 Å². The number of nitrogens with one attached hydrogen (secondary N) is 1. The molecule has 0 aromatic heterocycles. The van der Waals surface area contributed by atoms with Crippen molar-refractivity contribution in [3.8, 4) is 0 Å². The first-order chi connectivity index (χ1) is 15.5. The number of nitrogens with two attached hydrogens (primary N) is 1. The van der Waals surface area contributed by atoms with Gasteiger partial charge >= 0.3 is 0 Å². The maximum atomic E-state index is 12.7. The number of Topliss-reactive ketones (excluding diaryl/α,β-unsaturated/α-hetero) is 1. The number of benzene rings is 1. The Labute approximate surface area is 196 Å². The van der Waals surface area contributed by atoms with Crippen LogP contribution in [-0.2, 0) is 16.0 Å². The molecule has 1 aromatic rings. The van der Waals surface area contributed by atoms with E-state index in [4.69, 9.17) is 17.3 Å². The van der Waals surface area contributed by atoms with Crippen LogP contribution in [-0.4, -0.2) is 59.4 Å². The van der Waals surface area contributed by atoms with Crippen molar-refractivity contribution >= 4 is 23.3 Å². The molecule has 3 aliphatic rings. The Hall–Kier alpha value is -1.47. The fourth-order valence-electron chi connectivity index (χ4n) is 6.04. The number of amides is 1. The number of hydrogen-bond acceptors (Lipinski definition) is 5. The monoisotopic (exact) mass is 460 g/mol. The lowest BCUT2D eigenvalue weighted by Crippen LogP contribution is -2.63. The van der Waals surface area contributed by atoms with Gasteiger partial charge in [-0.3, -0.25) is 19.9 Å². The summed E-state index contributed by atoms with van der Waals surface area (Å²) in [5, 5.41) is 2.74. The van der Waals surface area contributed by atoms with Crippen molar-refractivity contribution in [1.82, 2.24) is 15.3 Å². The molecule has 1 amide bonds. The summed E-state index contributed by atoms with van der Waals surface area (Å²) in [5.41, 5.74) is 10.4. The number of ketones is 1. The summed E-state index contributed by atoms with van der Waals surface area (Å²) in [6, 6.07) is 6.89. The van der Waals surface area contributed by atoms with E-state index >= 15 is 0 Å². The summed E-state index contributed by atoms with van der Waals surface area (Å²) in [4.78, 5) is 27.2. The molecule has 3 N–H and O–H groups in total. The van der Waals surface area contributed by atoms with Gasteiger partial charge in [-0.05, 0) is 55.7 Å². The molecule has 0 spiro atoms. The maximum Gasteiger partial charge on any atom is 0.251 e. The van der Waals surface area contributed by atoms with Crippen LogP contribution in [0.2, 0.25) is 5.02 Å². The molecule has 32 heavy (non-hydrogen) atoms. The van der Waals surface area contributed by atoms with Gasteiger partial charge in [0.25, 0.3) is 5.91 Å². The number of hydrazine groups is 1. The third-order valence-electron chi connectivity index (χ3n) is 7.92. The van der Waals surface area contributed by atoms with Gasteiger partial charge in [0.2, 0.25) is 0 Å². The molecule has 1 aliphatic carbocycles. The van der Waals surface area contributed by atoms with Crippen LogP contribution in [0.4, 0.5) is 0 Å². The zero-order valence-corrected chi connectivity index (χ0v) is 19.8. The number of rotatable bonds is 6. The highest BCUT2D eigenvalue weighted by Crippen LogP contribution is 2.43. The predicted octanol–water partition coefficient (Wildman–Crippen LogP) is 3.32. The van der Waals surface area contributed by atoms with Gasteiger partial charge in [-0.15, -0.1) is 0 Å². The number of nitrogens with zero attached hydrogens (tertiary/aromatic N) is 2. The minimum Gasteiger partial charge on any atom is -0.320 e.